The van der Waals surface area contributed by atoms with Crippen LogP contribution < -0.4 is 5.56 Å². The molecule has 1 aliphatic heterocycles. The van der Waals surface area contributed by atoms with Gasteiger partial charge in [0.2, 0.25) is 5.95 Å². The average Bonchev–Trinajstić information content (AvgIpc) is 3.48. The third-order valence-corrected chi connectivity index (χ3v) is 8.51. The van der Waals surface area contributed by atoms with Crippen molar-refractivity contribution in [3.8, 4) is 11.6 Å². The van der Waals surface area contributed by atoms with E-state index in [-0.39, 0.29) is 34.5 Å². The third kappa shape index (κ3) is 4.85. The van der Waals surface area contributed by atoms with E-state index in [4.69, 9.17) is 4.98 Å². The van der Waals surface area contributed by atoms with Gasteiger partial charge in [0.25, 0.3) is 11.5 Å². The van der Waals surface area contributed by atoms with Crippen LogP contribution in [0.15, 0.2) is 52.0 Å². The topological polar surface area (TPSA) is 90.8 Å². The van der Waals surface area contributed by atoms with Crippen LogP contribution in [0, 0.1) is 20.8 Å². The van der Waals surface area contributed by atoms with Crippen molar-refractivity contribution in [1.82, 2.24) is 33.8 Å². The molecule has 0 spiro atoms. The van der Waals surface area contributed by atoms with Gasteiger partial charge in [-0.15, -0.1) is 0 Å². The van der Waals surface area contributed by atoms with E-state index in [1.807, 2.05) is 50.6 Å². The predicted molar refractivity (Wildman–Crippen MR) is 158 cm³/mol. The van der Waals surface area contributed by atoms with Crippen molar-refractivity contribution >= 4 is 32.9 Å². The normalized spacial score (nSPS) is 15.3. The summed E-state index contributed by atoms with van der Waals surface area (Å²) in [5.41, 5.74) is 4.12. The van der Waals surface area contributed by atoms with Gasteiger partial charge in [-0.3, -0.25) is 9.59 Å². The molecule has 0 saturated heterocycles. The second-order valence-corrected chi connectivity index (χ2v) is 11.8. The van der Waals surface area contributed by atoms with Crippen molar-refractivity contribution < 1.29 is 18.0 Å². The van der Waals surface area contributed by atoms with Gasteiger partial charge in [-0.25, -0.2) is 19.2 Å². The Balaban J connectivity index is 1.50. The van der Waals surface area contributed by atoms with Crippen molar-refractivity contribution in [3.63, 3.8) is 0 Å². The highest BCUT2D eigenvalue weighted by Crippen LogP contribution is 2.36. The van der Waals surface area contributed by atoms with Gasteiger partial charge in [0.1, 0.15) is 0 Å². The number of amides is 1. The second kappa shape index (κ2) is 10.2. The lowest BCUT2D eigenvalue weighted by Crippen LogP contribution is -2.46. The standard InChI is InChI=1S/C30H27BrF3N7O2/c1-15-8-20(12-24-26(15)38(5)14-35-24)40-28(43)21-10-17(3)39(13-25(21)36-29(40)41-18(4)9-16(2)37-41)27(42)19-6-7-23(31)22(11-19)30(32,33)34/h6-9,11-12,14,17H,10,13H2,1-5H3/t17-/m1/s1. The monoisotopic (exact) mass is 653 g/mol. The zero-order valence-electron chi connectivity index (χ0n) is 24.0. The van der Waals surface area contributed by atoms with Gasteiger partial charge in [0.15, 0.2) is 0 Å². The fourth-order valence-electron chi connectivity index (χ4n) is 5.80. The summed E-state index contributed by atoms with van der Waals surface area (Å²) in [6, 6.07) is 8.55. The van der Waals surface area contributed by atoms with Gasteiger partial charge in [-0.1, -0.05) is 15.9 Å². The van der Waals surface area contributed by atoms with E-state index in [9.17, 15) is 22.8 Å². The summed E-state index contributed by atoms with van der Waals surface area (Å²) in [5.74, 6) is -0.333. The number of rotatable bonds is 3. The van der Waals surface area contributed by atoms with Crippen LogP contribution in [-0.2, 0) is 26.2 Å². The molecule has 3 aromatic heterocycles. The predicted octanol–water partition coefficient (Wildman–Crippen LogP) is 5.60. The van der Waals surface area contributed by atoms with E-state index in [2.05, 4.69) is 26.0 Å². The molecule has 0 radical (unpaired) electrons. The Bertz CT molecular complexity index is 2010. The Morgan fingerprint density at radius 2 is 1.84 bits per heavy atom. The molecule has 0 unspecified atom stereocenters. The van der Waals surface area contributed by atoms with Crippen LogP contribution in [-0.4, -0.2) is 45.7 Å². The van der Waals surface area contributed by atoms with Gasteiger partial charge < -0.3 is 9.47 Å². The third-order valence-electron chi connectivity index (χ3n) is 7.82. The fourth-order valence-corrected chi connectivity index (χ4v) is 6.27. The summed E-state index contributed by atoms with van der Waals surface area (Å²) in [6.07, 6.45) is -2.74. The number of hydrogen-bond acceptors (Lipinski definition) is 5. The van der Waals surface area contributed by atoms with Crippen LogP contribution in [0.3, 0.4) is 0 Å². The first-order chi connectivity index (χ1) is 20.2. The SMILES string of the molecule is Cc1cc(C)n(-c2nc3c(c(=O)n2-c2cc(C)c4c(c2)ncn4C)C[C@@H](C)N(C(=O)c2ccc(Br)c(C(F)(F)F)c2)C3)n1. The quantitative estimate of drug-likeness (QED) is 0.253. The van der Waals surface area contributed by atoms with E-state index in [0.29, 0.717) is 16.9 Å². The second-order valence-electron chi connectivity index (χ2n) is 11.0. The molecule has 222 valence electrons. The first-order valence-electron chi connectivity index (χ1n) is 13.5. The Labute approximate surface area is 252 Å². The van der Waals surface area contributed by atoms with Crippen LogP contribution in [0.5, 0.6) is 0 Å². The molecule has 0 aliphatic carbocycles. The van der Waals surface area contributed by atoms with Crippen LogP contribution in [0.2, 0.25) is 0 Å². The molecule has 43 heavy (non-hydrogen) atoms. The van der Waals surface area contributed by atoms with Crippen molar-refractivity contribution in [2.75, 3.05) is 0 Å². The van der Waals surface area contributed by atoms with Crippen LogP contribution in [0.1, 0.15) is 51.1 Å². The van der Waals surface area contributed by atoms with Gasteiger partial charge in [0.05, 0.1) is 46.5 Å². The smallest absolute Gasteiger partial charge is 0.334 e. The molecule has 0 bridgehead atoms. The summed E-state index contributed by atoms with van der Waals surface area (Å²) < 4.78 is 45.6. The van der Waals surface area contributed by atoms with E-state index >= 15 is 0 Å². The number of nitrogens with zero attached hydrogens (tertiary/aromatic N) is 7. The Kier molecular flexibility index (Phi) is 6.83. The van der Waals surface area contributed by atoms with Crippen LogP contribution in [0.25, 0.3) is 22.7 Å². The Morgan fingerprint density at radius 1 is 1.09 bits per heavy atom. The first-order valence-corrected chi connectivity index (χ1v) is 14.3. The number of aryl methyl sites for hydroxylation is 4. The minimum absolute atomic E-state index is 0.0482. The summed E-state index contributed by atoms with van der Waals surface area (Å²) in [5, 5.41) is 4.59. The molecule has 1 atom stereocenters. The van der Waals surface area contributed by atoms with Gasteiger partial charge in [-0.05, 0) is 76.1 Å². The molecule has 4 heterocycles. The lowest BCUT2D eigenvalue weighted by molar-refractivity contribution is -0.138. The largest absolute Gasteiger partial charge is 0.417 e. The van der Waals surface area contributed by atoms with E-state index in [1.165, 1.54) is 21.6 Å². The number of carbonyl (C=O) groups excluding carboxylic acids is 1. The number of imidazole rings is 1. The Morgan fingerprint density at radius 3 is 2.51 bits per heavy atom. The molecule has 2 aromatic carbocycles. The van der Waals surface area contributed by atoms with Gasteiger partial charge in [-0.2, -0.15) is 18.3 Å². The summed E-state index contributed by atoms with van der Waals surface area (Å²) in [6.45, 7) is 7.36. The van der Waals surface area contributed by atoms with Crippen molar-refractivity contribution in [1.29, 1.82) is 0 Å². The minimum atomic E-state index is -4.63. The maximum atomic E-state index is 14.3. The number of carbonyl (C=O) groups is 1. The number of fused-ring (bicyclic) bond motifs is 2. The lowest BCUT2D eigenvalue weighted by Gasteiger charge is -2.34. The Hall–Kier alpha value is -4.26. The summed E-state index contributed by atoms with van der Waals surface area (Å²) >= 11 is 2.93. The molecule has 0 saturated carbocycles. The summed E-state index contributed by atoms with van der Waals surface area (Å²) in [4.78, 5) is 38.7. The molecule has 0 fully saturated rings. The first kappa shape index (κ1) is 28.8. The van der Waals surface area contributed by atoms with Crippen molar-refractivity contribution in [3.05, 3.63) is 96.9 Å². The molecule has 1 amide bonds. The van der Waals surface area contributed by atoms with Crippen molar-refractivity contribution in [2.24, 2.45) is 7.05 Å². The highest BCUT2D eigenvalue weighted by molar-refractivity contribution is 9.10. The van der Waals surface area contributed by atoms with Gasteiger partial charge in [0, 0.05) is 34.4 Å². The summed E-state index contributed by atoms with van der Waals surface area (Å²) in [7, 11) is 1.91. The maximum absolute atomic E-state index is 14.3. The van der Waals surface area contributed by atoms with Crippen LogP contribution >= 0.6 is 15.9 Å². The van der Waals surface area contributed by atoms with Crippen molar-refractivity contribution in [2.45, 2.75) is 52.9 Å². The number of alkyl halides is 3. The fraction of sp³-hybridized carbons (Fsp3) is 0.300. The highest BCUT2D eigenvalue weighted by atomic mass is 79.9. The molecule has 5 aromatic rings. The molecule has 1 aliphatic rings. The van der Waals surface area contributed by atoms with E-state index < -0.39 is 23.7 Å². The highest BCUT2D eigenvalue weighted by Gasteiger charge is 2.36. The maximum Gasteiger partial charge on any atom is 0.417 e. The number of aromatic nitrogens is 6. The number of halogens is 4. The zero-order chi connectivity index (χ0) is 31.0. The molecule has 0 N–H and O–H groups in total. The molecular weight excluding hydrogens is 627 g/mol. The number of benzene rings is 2. The number of hydrogen-bond donors (Lipinski definition) is 0. The van der Waals surface area contributed by atoms with E-state index in [0.717, 1.165) is 34.1 Å². The molecular formula is C30H27BrF3N7O2. The van der Waals surface area contributed by atoms with Crippen LogP contribution in [0.4, 0.5) is 13.2 Å². The van der Waals surface area contributed by atoms with E-state index in [1.54, 1.807) is 17.9 Å². The lowest BCUT2D eigenvalue weighted by atomic mass is 9.98. The minimum Gasteiger partial charge on any atom is -0.334 e. The molecule has 13 heteroatoms. The average molecular weight is 654 g/mol. The molecule has 9 nitrogen and oxygen atoms in total. The zero-order valence-corrected chi connectivity index (χ0v) is 25.6. The molecule has 6 rings (SSSR count). The van der Waals surface area contributed by atoms with Gasteiger partial charge >= 0.3 is 6.18 Å².